The molecule has 0 spiro atoms. The number of rotatable bonds is 6. The first-order valence-corrected chi connectivity index (χ1v) is 9.71. The number of methoxy groups -OCH3 is 1. The molecule has 31 heavy (non-hydrogen) atoms. The molecule has 0 aromatic heterocycles. The third kappa shape index (κ3) is 5.45. The van der Waals surface area contributed by atoms with Gasteiger partial charge in [-0.25, -0.2) is 0 Å². The zero-order valence-electron chi connectivity index (χ0n) is 17.1. The van der Waals surface area contributed by atoms with Crippen LogP contribution in [0, 0.1) is 0 Å². The van der Waals surface area contributed by atoms with E-state index in [0.717, 1.165) is 27.8 Å². The summed E-state index contributed by atoms with van der Waals surface area (Å²) in [5.74, 6) is -1.67. The van der Waals surface area contributed by atoms with Gasteiger partial charge in [0.05, 0.1) is 20.1 Å². The predicted molar refractivity (Wildman–Crippen MR) is 109 cm³/mol. The maximum absolute atomic E-state index is 12.5. The molecule has 0 heterocycles. The number of carbonyl (C=O) groups excluding carboxylic acids is 2. The molecule has 1 N–H and O–H groups in total. The van der Waals surface area contributed by atoms with Crippen molar-refractivity contribution >= 4 is 23.5 Å². The molecular weight excluding hydrogens is 411 g/mol. The molecule has 0 saturated carbocycles. The SMILES string of the molecule is CCOC(=O)CC1=Cc2ccc(OC)cc2Cc2cc(CNC(=O)C(F)(F)F)ccc21. The Bertz CT molecular complexity index is 1030. The molecule has 1 aliphatic rings. The Labute approximate surface area is 177 Å². The number of amides is 1. The minimum atomic E-state index is -4.93. The predicted octanol–water partition coefficient (Wildman–Crippen LogP) is 4.27. The lowest BCUT2D eigenvalue weighted by molar-refractivity contribution is -0.173. The van der Waals surface area contributed by atoms with E-state index in [1.165, 1.54) is 0 Å². The highest BCUT2D eigenvalue weighted by molar-refractivity contribution is 5.94. The maximum Gasteiger partial charge on any atom is 0.471 e. The van der Waals surface area contributed by atoms with Gasteiger partial charge in [0, 0.05) is 6.54 Å². The number of fused-ring (bicyclic) bond motifs is 2. The van der Waals surface area contributed by atoms with Gasteiger partial charge in [0.2, 0.25) is 0 Å². The molecule has 0 saturated heterocycles. The van der Waals surface area contributed by atoms with Crippen LogP contribution in [-0.4, -0.2) is 31.8 Å². The van der Waals surface area contributed by atoms with E-state index in [1.807, 2.05) is 29.6 Å². The van der Waals surface area contributed by atoms with Crippen molar-refractivity contribution in [3.8, 4) is 5.75 Å². The number of alkyl halides is 3. The number of hydrogen-bond donors (Lipinski definition) is 1. The molecule has 3 rings (SSSR count). The number of hydrogen-bond acceptors (Lipinski definition) is 4. The zero-order chi connectivity index (χ0) is 22.6. The van der Waals surface area contributed by atoms with E-state index in [2.05, 4.69) is 0 Å². The van der Waals surface area contributed by atoms with Gasteiger partial charge in [-0.1, -0.05) is 30.3 Å². The first kappa shape index (κ1) is 22.4. The van der Waals surface area contributed by atoms with Gasteiger partial charge in [-0.3, -0.25) is 9.59 Å². The molecule has 1 amide bonds. The zero-order valence-corrected chi connectivity index (χ0v) is 17.1. The number of esters is 1. The quantitative estimate of drug-likeness (QED) is 0.691. The number of ether oxygens (including phenoxy) is 2. The largest absolute Gasteiger partial charge is 0.497 e. The van der Waals surface area contributed by atoms with Crippen LogP contribution in [0.1, 0.15) is 41.2 Å². The van der Waals surface area contributed by atoms with E-state index in [4.69, 9.17) is 9.47 Å². The number of nitrogens with one attached hydrogen (secondary N) is 1. The van der Waals surface area contributed by atoms with E-state index in [1.54, 1.807) is 32.2 Å². The smallest absolute Gasteiger partial charge is 0.471 e. The summed E-state index contributed by atoms with van der Waals surface area (Å²) in [5, 5.41) is 1.89. The molecule has 164 valence electrons. The molecule has 0 bridgehead atoms. The molecular formula is C23H22F3NO4. The molecule has 2 aromatic rings. The van der Waals surface area contributed by atoms with Gasteiger partial charge in [0.1, 0.15) is 5.75 Å². The fraction of sp³-hybridized carbons (Fsp3) is 0.304. The minimum absolute atomic E-state index is 0.0659. The fourth-order valence-corrected chi connectivity index (χ4v) is 3.49. The first-order valence-electron chi connectivity index (χ1n) is 9.71. The fourth-order valence-electron chi connectivity index (χ4n) is 3.49. The van der Waals surface area contributed by atoms with Crippen molar-refractivity contribution < 1.29 is 32.2 Å². The van der Waals surface area contributed by atoms with E-state index in [9.17, 15) is 22.8 Å². The van der Waals surface area contributed by atoms with E-state index < -0.39 is 12.1 Å². The topological polar surface area (TPSA) is 64.6 Å². The van der Waals surface area contributed by atoms with Crippen LogP contribution in [-0.2, 0) is 27.3 Å². The van der Waals surface area contributed by atoms with E-state index in [0.29, 0.717) is 17.7 Å². The van der Waals surface area contributed by atoms with Crippen molar-refractivity contribution in [2.45, 2.75) is 32.5 Å². The second-order valence-corrected chi connectivity index (χ2v) is 7.06. The summed E-state index contributed by atoms with van der Waals surface area (Å²) >= 11 is 0. The highest BCUT2D eigenvalue weighted by atomic mass is 19.4. The van der Waals surface area contributed by atoms with Crippen LogP contribution in [0.4, 0.5) is 13.2 Å². The normalized spacial score (nSPS) is 12.7. The summed E-state index contributed by atoms with van der Waals surface area (Å²) in [5.41, 5.74) is 4.80. The molecule has 0 atom stereocenters. The average Bonchev–Trinajstić information content (AvgIpc) is 2.86. The summed E-state index contributed by atoms with van der Waals surface area (Å²) in [6, 6.07) is 10.8. The lowest BCUT2D eigenvalue weighted by Crippen LogP contribution is -2.36. The van der Waals surface area contributed by atoms with Crippen LogP contribution in [0.25, 0.3) is 11.6 Å². The lowest BCUT2D eigenvalue weighted by atomic mass is 9.94. The average molecular weight is 433 g/mol. The number of benzene rings is 2. The lowest BCUT2D eigenvalue weighted by Gasteiger charge is -2.14. The Balaban J connectivity index is 1.97. The van der Waals surface area contributed by atoms with Gasteiger partial charge in [-0.2, -0.15) is 13.2 Å². The Morgan fingerprint density at radius 2 is 1.87 bits per heavy atom. The molecule has 0 fully saturated rings. The Hall–Kier alpha value is -3.29. The molecule has 0 aliphatic heterocycles. The third-order valence-corrected chi connectivity index (χ3v) is 4.93. The summed E-state index contributed by atoms with van der Waals surface area (Å²) in [4.78, 5) is 23.3. The highest BCUT2D eigenvalue weighted by Crippen LogP contribution is 2.34. The number of halogens is 3. The third-order valence-electron chi connectivity index (χ3n) is 4.93. The summed E-state index contributed by atoms with van der Waals surface area (Å²) < 4.78 is 47.8. The number of carbonyl (C=O) groups is 2. The van der Waals surface area contributed by atoms with Gasteiger partial charge in [-0.05, 0) is 58.9 Å². The second-order valence-electron chi connectivity index (χ2n) is 7.06. The van der Waals surface area contributed by atoms with Crippen LogP contribution in [0.5, 0.6) is 5.75 Å². The van der Waals surface area contributed by atoms with Crippen molar-refractivity contribution in [3.05, 3.63) is 64.2 Å². The van der Waals surface area contributed by atoms with Crippen LogP contribution < -0.4 is 10.1 Å². The molecule has 8 heteroatoms. The molecule has 0 unspecified atom stereocenters. The van der Waals surface area contributed by atoms with Gasteiger partial charge in [0.15, 0.2) is 0 Å². The van der Waals surface area contributed by atoms with Gasteiger partial charge in [0.25, 0.3) is 0 Å². The van der Waals surface area contributed by atoms with Crippen molar-refractivity contribution in [1.29, 1.82) is 0 Å². The van der Waals surface area contributed by atoms with Crippen LogP contribution >= 0.6 is 0 Å². The van der Waals surface area contributed by atoms with Crippen molar-refractivity contribution in [2.75, 3.05) is 13.7 Å². The van der Waals surface area contributed by atoms with Gasteiger partial charge in [-0.15, -0.1) is 0 Å². The van der Waals surface area contributed by atoms with E-state index in [-0.39, 0.29) is 25.5 Å². The maximum atomic E-state index is 12.5. The van der Waals surface area contributed by atoms with Crippen molar-refractivity contribution in [1.82, 2.24) is 5.32 Å². The molecule has 5 nitrogen and oxygen atoms in total. The summed E-state index contributed by atoms with van der Waals surface area (Å²) in [6.07, 6.45) is -2.46. The monoisotopic (exact) mass is 433 g/mol. The minimum Gasteiger partial charge on any atom is -0.497 e. The standard InChI is InChI=1S/C23H22F3NO4/c1-3-31-21(28)12-18-9-15-5-6-19(30-2)11-16(15)10-17-8-14(4-7-20(17)18)13-27-22(29)23(24,25)26/h4-9,11H,3,10,12-13H2,1-2H3,(H,27,29). The summed E-state index contributed by atoms with van der Waals surface area (Å²) in [7, 11) is 1.57. The van der Waals surface area contributed by atoms with Crippen LogP contribution in [0.15, 0.2) is 36.4 Å². The second kappa shape index (κ2) is 9.24. The highest BCUT2D eigenvalue weighted by Gasteiger charge is 2.38. The van der Waals surface area contributed by atoms with Crippen molar-refractivity contribution in [2.24, 2.45) is 0 Å². The molecule has 2 aromatic carbocycles. The van der Waals surface area contributed by atoms with Crippen LogP contribution in [0.3, 0.4) is 0 Å². The van der Waals surface area contributed by atoms with Gasteiger partial charge < -0.3 is 14.8 Å². The van der Waals surface area contributed by atoms with Crippen LogP contribution in [0.2, 0.25) is 0 Å². The summed E-state index contributed by atoms with van der Waals surface area (Å²) in [6.45, 7) is 1.74. The Kier molecular flexibility index (Phi) is 6.68. The Morgan fingerprint density at radius 3 is 2.55 bits per heavy atom. The van der Waals surface area contributed by atoms with Crippen molar-refractivity contribution in [3.63, 3.8) is 0 Å². The first-order chi connectivity index (χ1) is 14.7. The molecule has 1 aliphatic carbocycles. The van der Waals surface area contributed by atoms with Gasteiger partial charge >= 0.3 is 18.1 Å². The van der Waals surface area contributed by atoms with E-state index >= 15 is 0 Å². The Morgan fingerprint density at radius 1 is 1.10 bits per heavy atom. The molecule has 0 radical (unpaired) electrons.